The van der Waals surface area contributed by atoms with Gasteiger partial charge in [0.25, 0.3) is 0 Å². The Labute approximate surface area is 151 Å². The van der Waals surface area contributed by atoms with Crippen molar-refractivity contribution in [2.45, 2.75) is 38.1 Å². The fourth-order valence-corrected chi connectivity index (χ4v) is 3.87. The molecule has 0 bridgehead atoms. The Bertz CT molecular complexity index is 861. The number of rotatable bonds is 3. The molecule has 2 amide bonds. The van der Waals surface area contributed by atoms with Crippen LogP contribution in [0.15, 0.2) is 12.1 Å². The number of fused-ring (bicyclic) bond motifs is 1. The van der Waals surface area contributed by atoms with Gasteiger partial charge in [0.2, 0.25) is 11.8 Å². The quantitative estimate of drug-likeness (QED) is 0.707. The summed E-state index contributed by atoms with van der Waals surface area (Å²) in [6.45, 7) is 4.24. The Morgan fingerprint density at radius 3 is 2.88 bits per heavy atom. The topological polar surface area (TPSA) is 101 Å². The molecule has 3 atom stereocenters. The molecule has 2 fully saturated rings. The zero-order valence-electron chi connectivity index (χ0n) is 15.1. The van der Waals surface area contributed by atoms with Crippen molar-refractivity contribution in [3.05, 3.63) is 17.8 Å². The van der Waals surface area contributed by atoms with E-state index in [9.17, 15) is 9.59 Å². The van der Waals surface area contributed by atoms with Crippen molar-refractivity contribution >= 4 is 28.7 Å². The summed E-state index contributed by atoms with van der Waals surface area (Å²) in [6, 6.07) is 4.32. The predicted octanol–water partition coefficient (Wildman–Crippen LogP) is 0.898. The fourth-order valence-electron chi connectivity index (χ4n) is 3.87. The number of carbonyl (C=O) groups excluding carboxylic acids is 2. The molecule has 0 aliphatic carbocycles. The van der Waals surface area contributed by atoms with Crippen LogP contribution < -0.4 is 16.0 Å². The van der Waals surface area contributed by atoms with Gasteiger partial charge in [-0.3, -0.25) is 19.6 Å². The lowest BCUT2D eigenvalue weighted by molar-refractivity contribution is -0.134. The zero-order chi connectivity index (χ0) is 18.3. The van der Waals surface area contributed by atoms with E-state index in [1.807, 2.05) is 19.2 Å². The minimum Gasteiger partial charge on any atom is -0.367 e. The smallest absolute Gasteiger partial charge is 0.235 e. The maximum Gasteiger partial charge on any atom is 0.235 e. The molecule has 138 valence electrons. The minimum absolute atomic E-state index is 0.216. The molecule has 2 aromatic heterocycles. The lowest BCUT2D eigenvalue weighted by Gasteiger charge is -2.30. The Kier molecular flexibility index (Phi) is 4.36. The van der Waals surface area contributed by atoms with E-state index in [0.717, 1.165) is 36.4 Å². The van der Waals surface area contributed by atoms with E-state index in [2.05, 4.69) is 28.0 Å². The average Bonchev–Trinajstić information content (AvgIpc) is 2.93. The molecule has 4 rings (SSSR count). The highest BCUT2D eigenvalue weighted by Crippen LogP contribution is 2.30. The summed E-state index contributed by atoms with van der Waals surface area (Å²) in [6.07, 6.45) is 1.90. The average molecular weight is 356 g/mol. The number of piperidine rings is 2. The number of nitrogens with zero attached hydrogens (tertiary/aromatic N) is 3. The number of nitrogens with one attached hydrogen (secondary N) is 3. The first-order valence-electron chi connectivity index (χ1n) is 9.17. The molecule has 0 radical (unpaired) electrons. The standard InChI is InChI=1S/C18H24N6O2/c1-10-9-19-8-7-13(10)20-14-5-3-11-16(23-24(2)17(11)21-14)12-4-6-15(25)22-18(12)26/h3,5,10,12-13,19H,4,6-9H2,1-2H3,(H,20,21)(H,22,25,26)/t10-,12?,13-/m1/s1. The van der Waals surface area contributed by atoms with Gasteiger partial charge in [-0.1, -0.05) is 6.92 Å². The van der Waals surface area contributed by atoms with Gasteiger partial charge < -0.3 is 10.6 Å². The first-order chi connectivity index (χ1) is 12.5. The number of hydrogen-bond acceptors (Lipinski definition) is 6. The second kappa shape index (κ2) is 6.68. The SMILES string of the molecule is C[C@@H]1CNCC[C@H]1Nc1ccc2c(C3CCC(=O)NC3=O)nn(C)c2n1. The Hall–Kier alpha value is -2.48. The van der Waals surface area contributed by atoms with Crippen LogP contribution in [0.5, 0.6) is 0 Å². The van der Waals surface area contributed by atoms with Crippen molar-refractivity contribution in [1.82, 2.24) is 25.4 Å². The van der Waals surface area contributed by atoms with Crippen LogP contribution in [-0.4, -0.2) is 45.7 Å². The summed E-state index contributed by atoms with van der Waals surface area (Å²) in [5.41, 5.74) is 1.44. The number of hydrogen-bond donors (Lipinski definition) is 3. The first kappa shape index (κ1) is 17.0. The Morgan fingerprint density at radius 1 is 1.27 bits per heavy atom. The predicted molar refractivity (Wildman–Crippen MR) is 97.7 cm³/mol. The van der Waals surface area contributed by atoms with Gasteiger partial charge in [-0.15, -0.1) is 0 Å². The van der Waals surface area contributed by atoms with Gasteiger partial charge in [0.05, 0.1) is 11.6 Å². The van der Waals surface area contributed by atoms with Crippen LogP contribution in [0.4, 0.5) is 5.82 Å². The lowest BCUT2D eigenvalue weighted by Crippen LogP contribution is -2.42. The molecule has 8 heteroatoms. The van der Waals surface area contributed by atoms with Crippen molar-refractivity contribution in [3.63, 3.8) is 0 Å². The molecule has 4 heterocycles. The van der Waals surface area contributed by atoms with Crippen molar-refractivity contribution in [3.8, 4) is 0 Å². The third-order valence-electron chi connectivity index (χ3n) is 5.40. The summed E-state index contributed by atoms with van der Waals surface area (Å²) < 4.78 is 1.71. The van der Waals surface area contributed by atoms with E-state index >= 15 is 0 Å². The molecule has 0 spiro atoms. The summed E-state index contributed by atoms with van der Waals surface area (Å²) >= 11 is 0. The van der Waals surface area contributed by atoms with Crippen molar-refractivity contribution < 1.29 is 9.59 Å². The molecule has 0 aromatic carbocycles. The Balaban J connectivity index is 1.62. The van der Waals surface area contributed by atoms with E-state index in [-0.39, 0.29) is 11.8 Å². The van der Waals surface area contributed by atoms with E-state index < -0.39 is 5.92 Å². The number of anilines is 1. The van der Waals surface area contributed by atoms with Crippen molar-refractivity contribution in [2.75, 3.05) is 18.4 Å². The molecule has 2 aromatic rings. The normalized spacial score (nSPS) is 26.8. The summed E-state index contributed by atoms with van der Waals surface area (Å²) in [5, 5.41) is 14.7. The van der Waals surface area contributed by atoms with Crippen LogP contribution in [0.25, 0.3) is 11.0 Å². The molecule has 2 aliphatic rings. The molecule has 8 nitrogen and oxygen atoms in total. The van der Waals surface area contributed by atoms with Gasteiger partial charge in [-0.2, -0.15) is 5.10 Å². The molecule has 2 saturated heterocycles. The number of imide groups is 1. The van der Waals surface area contributed by atoms with Crippen LogP contribution in [0, 0.1) is 5.92 Å². The van der Waals surface area contributed by atoms with E-state index in [0.29, 0.717) is 30.5 Å². The van der Waals surface area contributed by atoms with Crippen LogP contribution >= 0.6 is 0 Å². The second-order valence-corrected chi connectivity index (χ2v) is 7.30. The first-order valence-corrected chi connectivity index (χ1v) is 9.17. The number of aryl methyl sites for hydroxylation is 1. The Morgan fingerprint density at radius 2 is 2.12 bits per heavy atom. The molecule has 0 saturated carbocycles. The lowest BCUT2D eigenvalue weighted by atomic mass is 9.93. The minimum atomic E-state index is -0.401. The van der Waals surface area contributed by atoms with Crippen molar-refractivity contribution in [2.24, 2.45) is 13.0 Å². The highest BCUT2D eigenvalue weighted by molar-refractivity contribution is 6.02. The number of aromatic nitrogens is 3. The third kappa shape index (κ3) is 3.05. The molecule has 26 heavy (non-hydrogen) atoms. The second-order valence-electron chi connectivity index (χ2n) is 7.30. The molecule has 3 N–H and O–H groups in total. The number of pyridine rings is 1. The maximum absolute atomic E-state index is 12.2. The van der Waals surface area contributed by atoms with Gasteiger partial charge in [0.15, 0.2) is 5.65 Å². The summed E-state index contributed by atoms with van der Waals surface area (Å²) in [4.78, 5) is 28.3. The molecular formula is C18H24N6O2. The van der Waals surface area contributed by atoms with E-state index in [4.69, 9.17) is 4.98 Å². The molecule has 2 aliphatic heterocycles. The van der Waals surface area contributed by atoms with Gasteiger partial charge in [-0.05, 0) is 44.0 Å². The highest BCUT2D eigenvalue weighted by atomic mass is 16.2. The number of amides is 2. The van der Waals surface area contributed by atoms with Crippen LogP contribution in [0.2, 0.25) is 0 Å². The van der Waals surface area contributed by atoms with E-state index in [1.165, 1.54) is 0 Å². The van der Waals surface area contributed by atoms with Gasteiger partial charge >= 0.3 is 0 Å². The van der Waals surface area contributed by atoms with Gasteiger partial charge in [0, 0.05) is 24.9 Å². The highest BCUT2D eigenvalue weighted by Gasteiger charge is 2.32. The molecular weight excluding hydrogens is 332 g/mol. The monoisotopic (exact) mass is 356 g/mol. The van der Waals surface area contributed by atoms with Crippen molar-refractivity contribution in [1.29, 1.82) is 0 Å². The van der Waals surface area contributed by atoms with Gasteiger partial charge in [0.1, 0.15) is 5.82 Å². The zero-order valence-corrected chi connectivity index (χ0v) is 15.1. The number of carbonyl (C=O) groups is 2. The van der Waals surface area contributed by atoms with Crippen LogP contribution in [0.3, 0.4) is 0 Å². The third-order valence-corrected chi connectivity index (χ3v) is 5.40. The largest absolute Gasteiger partial charge is 0.367 e. The van der Waals surface area contributed by atoms with Crippen LogP contribution in [0.1, 0.15) is 37.8 Å². The summed E-state index contributed by atoms with van der Waals surface area (Å²) in [7, 11) is 1.83. The fraction of sp³-hybridized carbons (Fsp3) is 0.556. The van der Waals surface area contributed by atoms with E-state index in [1.54, 1.807) is 4.68 Å². The molecule has 1 unspecified atom stereocenters. The van der Waals surface area contributed by atoms with Crippen LogP contribution in [-0.2, 0) is 16.6 Å². The van der Waals surface area contributed by atoms with Gasteiger partial charge in [-0.25, -0.2) is 4.98 Å². The summed E-state index contributed by atoms with van der Waals surface area (Å²) in [5.74, 6) is 0.474. The maximum atomic E-state index is 12.2.